The molecule has 0 spiro atoms. The van der Waals surface area contributed by atoms with Crippen molar-refractivity contribution in [3.8, 4) is 0 Å². The zero-order valence-corrected chi connectivity index (χ0v) is 12.7. The van der Waals surface area contributed by atoms with Gasteiger partial charge in [-0.3, -0.25) is 0 Å². The zero-order chi connectivity index (χ0) is 13.9. The maximum atomic E-state index is 11.5. The Hall–Kier alpha value is -0.580. The number of hydrogen-bond donors (Lipinski definition) is 1. The average Bonchev–Trinajstić information content (AvgIpc) is 2.36. The summed E-state index contributed by atoms with van der Waals surface area (Å²) in [5.74, 6) is 1.38. The molecule has 0 saturated carbocycles. The van der Waals surface area contributed by atoms with E-state index in [2.05, 4.69) is 11.4 Å². The second-order valence-electron chi connectivity index (χ2n) is 5.21. The summed E-state index contributed by atoms with van der Waals surface area (Å²) in [5, 5.41) is 3.95. The summed E-state index contributed by atoms with van der Waals surface area (Å²) in [6, 6.07) is 7.90. The third-order valence-electron chi connectivity index (χ3n) is 3.87. The van der Waals surface area contributed by atoms with Gasteiger partial charge in [0.25, 0.3) is 0 Å². The molecule has 2 rings (SSSR count). The van der Waals surface area contributed by atoms with Crippen LogP contribution in [0.5, 0.6) is 0 Å². The standard InChI is InChI=1S/C14H20ClNO2S/c1-16-10-14(12-3-2-4-13(15)9-12)11-5-7-19(17,18)8-6-11/h2-4,9,11,14,16H,5-8,10H2,1H3. The third-order valence-corrected chi connectivity index (χ3v) is 5.82. The Morgan fingerprint density at radius 3 is 2.63 bits per heavy atom. The molecule has 1 N–H and O–H groups in total. The van der Waals surface area contributed by atoms with Crippen LogP contribution in [-0.4, -0.2) is 33.5 Å². The van der Waals surface area contributed by atoms with Gasteiger partial charge in [0, 0.05) is 11.6 Å². The van der Waals surface area contributed by atoms with Gasteiger partial charge in [0.05, 0.1) is 11.5 Å². The van der Waals surface area contributed by atoms with E-state index >= 15 is 0 Å². The SMILES string of the molecule is CNCC(c1cccc(Cl)c1)C1CCS(=O)(=O)CC1. The number of likely N-dealkylation sites (N-methyl/N-ethyl adjacent to an activating group) is 1. The first-order chi connectivity index (χ1) is 9.02. The lowest BCUT2D eigenvalue weighted by Crippen LogP contribution is -2.31. The van der Waals surface area contributed by atoms with E-state index in [1.165, 1.54) is 5.56 Å². The van der Waals surface area contributed by atoms with Gasteiger partial charge in [-0.05, 0) is 49.4 Å². The lowest BCUT2D eigenvalue weighted by molar-refractivity contribution is 0.376. The number of nitrogens with one attached hydrogen (secondary N) is 1. The van der Waals surface area contributed by atoms with E-state index in [9.17, 15) is 8.42 Å². The second kappa shape index (κ2) is 6.25. The molecule has 19 heavy (non-hydrogen) atoms. The molecule has 1 aromatic rings. The van der Waals surface area contributed by atoms with Crippen LogP contribution < -0.4 is 5.32 Å². The van der Waals surface area contributed by atoms with Crippen LogP contribution in [-0.2, 0) is 9.84 Å². The van der Waals surface area contributed by atoms with Crippen LogP contribution in [0, 0.1) is 5.92 Å². The quantitative estimate of drug-likeness (QED) is 0.929. The van der Waals surface area contributed by atoms with E-state index in [0.717, 1.165) is 24.4 Å². The maximum absolute atomic E-state index is 11.5. The van der Waals surface area contributed by atoms with Crippen molar-refractivity contribution in [2.45, 2.75) is 18.8 Å². The summed E-state index contributed by atoms with van der Waals surface area (Å²) in [5.41, 5.74) is 1.20. The highest BCUT2D eigenvalue weighted by Gasteiger charge is 2.30. The normalized spacial score (nSPS) is 21.2. The van der Waals surface area contributed by atoms with E-state index in [0.29, 0.717) is 23.3 Å². The molecule has 1 aliphatic rings. The van der Waals surface area contributed by atoms with Crippen LogP contribution in [0.15, 0.2) is 24.3 Å². The smallest absolute Gasteiger partial charge is 0.150 e. The molecule has 0 radical (unpaired) electrons. The molecule has 1 aromatic carbocycles. The average molecular weight is 302 g/mol. The van der Waals surface area contributed by atoms with Crippen LogP contribution in [0.2, 0.25) is 5.02 Å². The minimum atomic E-state index is -2.80. The maximum Gasteiger partial charge on any atom is 0.150 e. The van der Waals surface area contributed by atoms with Gasteiger partial charge in [0.2, 0.25) is 0 Å². The highest BCUT2D eigenvalue weighted by atomic mass is 35.5. The molecular formula is C14H20ClNO2S. The number of rotatable bonds is 4. The molecule has 0 aromatic heterocycles. The molecule has 0 amide bonds. The summed E-state index contributed by atoms with van der Waals surface area (Å²) in [6.07, 6.45) is 1.50. The van der Waals surface area contributed by atoms with Gasteiger partial charge in [0.1, 0.15) is 9.84 Å². The summed E-state index contributed by atoms with van der Waals surface area (Å²) in [6.45, 7) is 0.852. The van der Waals surface area contributed by atoms with E-state index in [4.69, 9.17) is 11.6 Å². The lowest BCUT2D eigenvalue weighted by atomic mass is 9.82. The van der Waals surface area contributed by atoms with E-state index in [1.807, 2.05) is 25.2 Å². The van der Waals surface area contributed by atoms with Crippen LogP contribution >= 0.6 is 11.6 Å². The minimum Gasteiger partial charge on any atom is -0.319 e. The Labute approximate surface area is 120 Å². The Kier molecular flexibility index (Phi) is 4.87. The van der Waals surface area contributed by atoms with Crippen molar-refractivity contribution in [2.75, 3.05) is 25.1 Å². The predicted octanol–water partition coefficient (Wildman–Crippen LogP) is 2.47. The molecule has 0 bridgehead atoms. The number of halogens is 1. The fourth-order valence-electron chi connectivity index (χ4n) is 2.82. The van der Waals surface area contributed by atoms with Gasteiger partial charge in [0.15, 0.2) is 0 Å². The van der Waals surface area contributed by atoms with Crippen LogP contribution in [0.3, 0.4) is 0 Å². The fraction of sp³-hybridized carbons (Fsp3) is 0.571. The number of benzene rings is 1. The molecule has 1 fully saturated rings. The first-order valence-corrected chi connectivity index (χ1v) is 8.82. The number of sulfone groups is 1. The van der Waals surface area contributed by atoms with Crippen molar-refractivity contribution in [3.63, 3.8) is 0 Å². The van der Waals surface area contributed by atoms with Gasteiger partial charge in [-0.1, -0.05) is 23.7 Å². The van der Waals surface area contributed by atoms with Gasteiger partial charge >= 0.3 is 0 Å². The molecule has 1 unspecified atom stereocenters. The summed E-state index contributed by atoms with van der Waals surface area (Å²) in [4.78, 5) is 0. The van der Waals surface area contributed by atoms with E-state index < -0.39 is 9.84 Å². The number of hydrogen-bond acceptors (Lipinski definition) is 3. The third kappa shape index (κ3) is 3.94. The van der Waals surface area contributed by atoms with Gasteiger partial charge in [-0.15, -0.1) is 0 Å². The Morgan fingerprint density at radius 2 is 2.05 bits per heavy atom. The molecule has 3 nitrogen and oxygen atoms in total. The molecule has 1 saturated heterocycles. The summed E-state index contributed by atoms with van der Waals surface area (Å²) >= 11 is 6.06. The monoisotopic (exact) mass is 301 g/mol. The van der Waals surface area contributed by atoms with Crippen molar-refractivity contribution >= 4 is 21.4 Å². The topological polar surface area (TPSA) is 46.2 Å². The van der Waals surface area contributed by atoms with Crippen LogP contribution in [0.4, 0.5) is 0 Å². The molecule has 106 valence electrons. The Bertz CT molecular complexity index is 516. The highest BCUT2D eigenvalue weighted by Crippen LogP contribution is 2.34. The predicted molar refractivity (Wildman–Crippen MR) is 79.5 cm³/mol. The van der Waals surface area contributed by atoms with Crippen molar-refractivity contribution in [3.05, 3.63) is 34.9 Å². The van der Waals surface area contributed by atoms with E-state index in [-0.39, 0.29) is 0 Å². The minimum absolute atomic E-state index is 0.318. The van der Waals surface area contributed by atoms with Gasteiger partial charge in [-0.25, -0.2) is 8.42 Å². The molecule has 1 heterocycles. The first-order valence-electron chi connectivity index (χ1n) is 6.62. The van der Waals surface area contributed by atoms with E-state index in [1.54, 1.807) is 0 Å². The molecule has 5 heteroatoms. The van der Waals surface area contributed by atoms with Crippen molar-refractivity contribution in [1.29, 1.82) is 0 Å². The lowest BCUT2D eigenvalue weighted by Gasteiger charge is -2.30. The summed E-state index contributed by atoms with van der Waals surface area (Å²) < 4.78 is 23.1. The molecule has 1 aliphatic heterocycles. The van der Waals surface area contributed by atoms with Crippen molar-refractivity contribution in [2.24, 2.45) is 5.92 Å². The molecular weight excluding hydrogens is 282 g/mol. The van der Waals surface area contributed by atoms with Gasteiger partial charge < -0.3 is 5.32 Å². The first kappa shape index (κ1) is 14.8. The zero-order valence-electron chi connectivity index (χ0n) is 11.1. The largest absolute Gasteiger partial charge is 0.319 e. The molecule has 1 atom stereocenters. The Balaban J connectivity index is 2.17. The molecule has 0 aliphatic carbocycles. The highest BCUT2D eigenvalue weighted by molar-refractivity contribution is 7.91. The van der Waals surface area contributed by atoms with Gasteiger partial charge in [-0.2, -0.15) is 0 Å². The Morgan fingerprint density at radius 1 is 1.37 bits per heavy atom. The fourth-order valence-corrected chi connectivity index (χ4v) is 4.55. The second-order valence-corrected chi connectivity index (χ2v) is 7.95. The van der Waals surface area contributed by atoms with Crippen molar-refractivity contribution < 1.29 is 8.42 Å². The summed E-state index contributed by atoms with van der Waals surface area (Å²) in [7, 11) is -0.873. The van der Waals surface area contributed by atoms with Crippen molar-refractivity contribution in [1.82, 2.24) is 5.32 Å². The van der Waals surface area contributed by atoms with Crippen LogP contribution in [0.1, 0.15) is 24.3 Å². The van der Waals surface area contributed by atoms with Crippen LogP contribution in [0.25, 0.3) is 0 Å².